The highest BCUT2D eigenvalue weighted by Crippen LogP contribution is 2.27. The summed E-state index contributed by atoms with van der Waals surface area (Å²) in [6.07, 6.45) is 0. The van der Waals surface area contributed by atoms with Gasteiger partial charge in [-0.15, -0.1) is 0 Å². The Kier molecular flexibility index (Phi) is 2.39. The smallest absolute Gasteiger partial charge is 0.0622 e. The Bertz CT molecular complexity index is 614. The van der Waals surface area contributed by atoms with Crippen LogP contribution in [0, 0.1) is 0 Å². The molecule has 1 aromatic heterocycles. The van der Waals surface area contributed by atoms with Gasteiger partial charge in [0.2, 0.25) is 21.4 Å². The molecule has 3 aromatic rings. The molecule has 0 saturated heterocycles. The summed E-state index contributed by atoms with van der Waals surface area (Å²) in [7, 11) is 0. The molecule has 0 radical (unpaired) electrons. The molecule has 76 valence electrons. The normalized spacial score (nSPS) is 10.5. The lowest BCUT2D eigenvalue weighted by Gasteiger charge is -1.97. The largest absolute Gasteiger partial charge is 0.238 e. The van der Waals surface area contributed by atoms with Crippen LogP contribution in [-0.2, 0) is 0 Å². The lowest BCUT2D eigenvalue weighted by Crippen LogP contribution is -1.75. The maximum absolute atomic E-state index is 2.25. The molecule has 0 nitrogen and oxygen atoms in total. The van der Waals surface area contributed by atoms with Gasteiger partial charge in [0, 0.05) is 17.0 Å². The van der Waals surface area contributed by atoms with Crippen LogP contribution in [-0.4, -0.2) is 0 Å². The monoisotopic (exact) mass is 223 g/mol. The van der Waals surface area contributed by atoms with Crippen LogP contribution in [0.3, 0.4) is 0 Å². The van der Waals surface area contributed by atoms with Crippen molar-refractivity contribution in [1.29, 1.82) is 0 Å². The molecule has 0 atom stereocenters. The number of fused-ring (bicyclic) bond motifs is 1. The van der Waals surface area contributed by atoms with E-state index in [9.17, 15) is 0 Å². The zero-order valence-electron chi connectivity index (χ0n) is 8.76. The molecule has 0 spiro atoms. The molecule has 16 heavy (non-hydrogen) atoms. The fourth-order valence-corrected chi connectivity index (χ4v) is 2.70. The zero-order valence-corrected chi connectivity index (χ0v) is 9.58. The van der Waals surface area contributed by atoms with Crippen LogP contribution in [0.25, 0.3) is 21.2 Å². The third-order valence-corrected chi connectivity index (χ3v) is 3.65. The number of rotatable bonds is 1. The van der Waals surface area contributed by atoms with Gasteiger partial charge in [-0.05, 0) is 17.7 Å². The minimum Gasteiger partial charge on any atom is -0.0622 e. The molecule has 0 fully saturated rings. The molecular formula is C15H11S+. The van der Waals surface area contributed by atoms with Gasteiger partial charge in [-0.3, -0.25) is 0 Å². The minimum atomic E-state index is 1.28. The van der Waals surface area contributed by atoms with Gasteiger partial charge in [0.1, 0.15) is 0 Å². The van der Waals surface area contributed by atoms with E-state index < -0.39 is 0 Å². The Morgan fingerprint density at radius 2 is 1.44 bits per heavy atom. The molecule has 0 aliphatic heterocycles. The summed E-state index contributed by atoms with van der Waals surface area (Å²) >= 11 is 1.80. The Hall–Kier alpha value is -1.73. The maximum atomic E-state index is 2.25. The highest BCUT2D eigenvalue weighted by atomic mass is 32.1. The van der Waals surface area contributed by atoms with E-state index >= 15 is 0 Å². The fraction of sp³-hybridized carbons (Fsp3) is 0. The van der Waals surface area contributed by atoms with Gasteiger partial charge >= 0.3 is 0 Å². The van der Waals surface area contributed by atoms with Crippen LogP contribution in [0.4, 0.5) is 0 Å². The van der Waals surface area contributed by atoms with E-state index in [1.807, 2.05) is 6.07 Å². The summed E-state index contributed by atoms with van der Waals surface area (Å²) < 4.78 is 1.34. The molecule has 1 heterocycles. The molecule has 0 aliphatic rings. The Morgan fingerprint density at radius 1 is 0.688 bits per heavy atom. The second-order valence-electron chi connectivity index (χ2n) is 3.74. The van der Waals surface area contributed by atoms with Crippen molar-refractivity contribution in [2.24, 2.45) is 0 Å². The third-order valence-electron chi connectivity index (χ3n) is 2.65. The van der Waals surface area contributed by atoms with Crippen molar-refractivity contribution in [1.82, 2.24) is 0 Å². The first-order valence-electron chi connectivity index (χ1n) is 5.29. The molecule has 0 saturated carbocycles. The Morgan fingerprint density at radius 3 is 2.31 bits per heavy atom. The van der Waals surface area contributed by atoms with Gasteiger partial charge < -0.3 is 0 Å². The van der Waals surface area contributed by atoms with Crippen LogP contribution in [0.5, 0.6) is 0 Å². The number of benzene rings is 2. The highest BCUT2D eigenvalue weighted by Gasteiger charge is 2.07. The highest BCUT2D eigenvalue weighted by molar-refractivity contribution is 7.16. The van der Waals surface area contributed by atoms with E-state index in [1.54, 1.807) is 11.3 Å². The van der Waals surface area contributed by atoms with E-state index in [1.165, 1.54) is 21.2 Å². The zero-order chi connectivity index (χ0) is 10.8. The van der Waals surface area contributed by atoms with Crippen LogP contribution in [0.15, 0.2) is 66.0 Å². The topological polar surface area (TPSA) is 0 Å². The lowest BCUT2D eigenvalue weighted by molar-refractivity contribution is 1.67. The average Bonchev–Trinajstić information content (AvgIpc) is 2.39. The van der Waals surface area contributed by atoms with E-state index in [2.05, 4.69) is 60.0 Å². The molecule has 3 rings (SSSR count). The van der Waals surface area contributed by atoms with Crippen molar-refractivity contribution in [3.8, 4) is 11.1 Å². The summed E-state index contributed by atoms with van der Waals surface area (Å²) in [4.78, 5) is 0. The molecule has 0 unspecified atom stereocenters. The maximum Gasteiger partial charge on any atom is 0.238 e. The quantitative estimate of drug-likeness (QED) is 0.517. The van der Waals surface area contributed by atoms with Crippen molar-refractivity contribution in [3.63, 3.8) is 0 Å². The third kappa shape index (κ3) is 1.70. The van der Waals surface area contributed by atoms with Crippen molar-refractivity contribution in [3.05, 3.63) is 66.0 Å². The van der Waals surface area contributed by atoms with E-state index in [4.69, 9.17) is 0 Å². The van der Waals surface area contributed by atoms with Crippen LogP contribution >= 0.6 is 11.3 Å². The van der Waals surface area contributed by atoms with Crippen LogP contribution in [0.1, 0.15) is 0 Å². The van der Waals surface area contributed by atoms with Crippen molar-refractivity contribution in [2.75, 3.05) is 0 Å². The Balaban J connectivity index is 2.19. The first-order valence-corrected chi connectivity index (χ1v) is 6.17. The first kappa shape index (κ1) is 9.49. The van der Waals surface area contributed by atoms with E-state index in [0.29, 0.717) is 0 Å². The van der Waals surface area contributed by atoms with Crippen molar-refractivity contribution >= 4 is 21.4 Å². The molecule has 0 aliphatic carbocycles. The molecule has 0 amide bonds. The summed E-state index contributed by atoms with van der Waals surface area (Å²) in [5.74, 6) is 0. The standard InChI is InChI=1S/C15H11S/c1-2-6-12(7-3-1)14-10-13-8-4-5-9-15(13)16-11-14/h1-11H/q+1. The molecular weight excluding hydrogens is 212 g/mol. The summed E-state index contributed by atoms with van der Waals surface area (Å²) in [5.41, 5.74) is 2.58. The first-order chi connectivity index (χ1) is 7.93. The van der Waals surface area contributed by atoms with Crippen LogP contribution in [0.2, 0.25) is 0 Å². The van der Waals surface area contributed by atoms with Gasteiger partial charge in [-0.2, -0.15) is 0 Å². The van der Waals surface area contributed by atoms with Crippen LogP contribution < -0.4 is 0 Å². The molecule has 1 heteroatoms. The van der Waals surface area contributed by atoms with Gasteiger partial charge in [0.05, 0.1) is 0 Å². The van der Waals surface area contributed by atoms with Gasteiger partial charge in [0.15, 0.2) is 0 Å². The van der Waals surface area contributed by atoms with Gasteiger partial charge in [-0.25, -0.2) is 0 Å². The number of hydrogen-bond acceptors (Lipinski definition) is 0. The molecule has 0 bridgehead atoms. The fourth-order valence-electron chi connectivity index (χ4n) is 1.82. The van der Waals surface area contributed by atoms with E-state index in [0.717, 1.165) is 0 Å². The summed E-state index contributed by atoms with van der Waals surface area (Å²) in [5, 5.41) is 3.53. The van der Waals surface area contributed by atoms with Crippen molar-refractivity contribution < 1.29 is 0 Å². The second-order valence-corrected chi connectivity index (χ2v) is 4.65. The lowest BCUT2D eigenvalue weighted by atomic mass is 10.1. The van der Waals surface area contributed by atoms with E-state index in [-0.39, 0.29) is 0 Å². The summed E-state index contributed by atoms with van der Waals surface area (Å²) in [6, 6.07) is 21.3. The minimum absolute atomic E-state index is 1.28. The Labute approximate surface area is 98.8 Å². The number of hydrogen-bond donors (Lipinski definition) is 0. The predicted octanol–water partition coefficient (Wildman–Crippen LogP) is 4.85. The summed E-state index contributed by atoms with van der Waals surface area (Å²) in [6.45, 7) is 0. The van der Waals surface area contributed by atoms with Gasteiger partial charge in [0.25, 0.3) is 0 Å². The molecule has 2 aromatic carbocycles. The SMILES string of the molecule is c1ccc(-c2c[s+]c3ccccc3c2)cc1. The predicted molar refractivity (Wildman–Crippen MR) is 71.7 cm³/mol. The molecule has 0 N–H and O–H groups in total. The van der Waals surface area contributed by atoms with Crippen molar-refractivity contribution in [2.45, 2.75) is 0 Å². The second kappa shape index (κ2) is 4.03. The van der Waals surface area contributed by atoms with Gasteiger partial charge in [-0.1, -0.05) is 42.5 Å². The average molecular weight is 223 g/mol.